The first-order chi connectivity index (χ1) is 45.1. The summed E-state index contributed by atoms with van der Waals surface area (Å²) in [5.41, 5.74) is -1.65. The fourth-order valence-corrected chi connectivity index (χ4v) is 14.5. The van der Waals surface area contributed by atoms with Crippen molar-refractivity contribution in [3.8, 4) is 34.5 Å². The fraction of sp³-hybridized carbons (Fsp3) is 0.455. The Bertz CT molecular complexity index is 3660. The molecule has 0 saturated carbocycles. The second-order valence-corrected chi connectivity index (χ2v) is 31.7. The van der Waals surface area contributed by atoms with Crippen LogP contribution in [-0.4, -0.2) is 117 Å². The maximum Gasteiger partial charge on any atom is 1.00 e. The van der Waals surface area contributed by atoms with Crippen LogP contribution >= 0.6 is 0 Å². The standard InChI is InChI=1S/C66H84O24S6.6Na/c1-7-13-19-85-61-43-25-45-33-56(92(70,71)72)35-47(62(45)86-20-14-8-2)27-49-37-58(94(76,77)78)39-51(64(49)88-22-16-10-4)29-53-41-60(96(82,83)84)42-54(66(53)90-24-18-12-6)30-52-40-59(95(79,80)81)38-50(65(52)89-23-17-11-5)28-48-36-57(93(73,74)75)34-46(63(48)87-21-15-9-3)26-44(61)32-55(31-43)91(67,68)69;;;;;;/h31-42H,7-30H2,1-6H3,(H,67,68,69)(H,70,71,72)(H,73,74,75)(H,76,77,78)(H,79,80,81)(H,82,83,84);;;;;;/q;6*+1/p-6. The minimum atomic E-state index is -5.49. The summed E-state index contributed by atoms with van der Waals surface area (Å²) in [6.45, 7) is 10.5. The fourth-order valence-electron chi connectivity index (χ4n) is 11.0. The molecular formula is C66H78Na6O24S6. The third kappa shape index (κ3) is 28.1. The average Bonchev–Trinajstić information content (AvgIpc) is 0.772. The molecule has 0 saturated heterocycles. The predicted octanol–water partition coefficient (Wildman–Crippen LogP) is -7.93. The number of unbranched alkanes of at least 4 members (excludes halogenated alkanes) is 6. The molecular weight excluding hydrogens is 1510 g/mol. The van der Waals surface area contributed by atoms with Gasteiger partial charge in [-0.15, -0.1) is 0 Å². The van der Waals surface area contributed by atoms with Crippen LogP contribution in [0, 0.1) is 0 Å². The van der Waals surface area contributed by atoms with Gasteiger partial charge in [0.1, 0.15) is 95.2 Å². The molecule has 12 bridgehead atoms. The average molecular weight is 1590 g/mol. The molecule has 0 N–H and O–H groups in total. The minimum Gasteiger partial charge on any atom is -0.744 e. The van der Waals surface area contributed by atoms with E-state index < -0.39 is 129 Å². The number of hydrogen-bond acceptors (Lipinski definition) is 24. The van der Waals surface area contributed by atoms with Crippen LogP contribution < -0.4 is 206 Å². The number of fused-ring (bicyclic) bond motifs is 12. The molecule has 0 aliphatic heterocycles. The Hall–Kier alpha value is -0.420. The smallest absolute Gasteiger partial charge is 0.744 e. The van der Waals surface area contributed by atoms with Crippen LogP contribution in [0.3, 0.4) is 0 Å². The summed E-state index contributed by atoms with van der Waals surface area (Å²) in [5.74, 6) is -0.825. The van der Waals surface area contributed by atoms with Gasteiger partial charge in [-0.25, -0.2) is 50.5 Å². The molecule has 24 nitrogen and oxygen atoms in total. The summed E-state index contributed by atoms with van der Waals surface area (Å²) >= 11 is 0. The molecule has 0 atom stereocenters. The number of hydrogen-bond donors (Lipinski definition) is 0. The van der Waals surface area contributed by atoms with E-state index in [0.29, 0.717) is 77.0 Å². The van der Waals surface area contributed by atoms with Gasteiger partial charge in [-0.2, -0.15) is 0 Å². The molecule has 0 amide bonds. The Morgan fingerprint density at radius 2 is 0.324 bits per heavy atom. The Kier molecular flexibility index (Phi) is 43.5. The van der Waals surface area contributed by atoms with Crippen molar-refractivity contribution in [3.63, 3.8) is 0 Å². The van der Waals surface area contributed by atoms with Gasteiger partial charge >= 0.3 is 177 Å². The molecule has 102 heavy (non-hydrogen) atoms. The van der Waals surface area contributed by atoms with Crippen molar-refractivity contribution in [2.75, 3.05) is 39.6 Å². The van der Waals surface area contributed by atoms with Crippen molar-refractivity contribution in [2.45, 2.75) is 186 Å². The first kappa shape index (κ1) is 99.6. The van der Waals surface area contributed by atoms with E-state index in [1.165, 1.54) is 0 Å². The van der Waals surface area contributed by atoms with E-state index in [4.69, 9.17) is 28.4 Å². The predicted molar refractivity (Wildman–Crippen MR) is 346 cm³/mol. The maximum atomic E-state index is 13.5. The van der Waals surface area contributed by atoms with Crippen LogP contribution in [-0.2, 0) is 99.2 Å². The molecule has 0 spiro atoms. The van der Waals surface area contributed by atoms with Crippen LogP contribution in [0.4, 0.5) is 0 Å². The molecule has 6 aromatic carbocycles. The summed E-state index contributed by atoms with van der Waals surface area (Å²) in [6, 6.07) is 11.6. The molecule has 1 aliphatic rings. The van der Waals surface area contributed by atoms with Gasteiger partial charge in [-0.05, 0) is 111 Å². The summed E-state index contributed by atoms with van der Waals surface area (Å²) in [4.78, 5) is -5.27. The van der Waals surface area contributed by atoms with E-state index in [1.54, 1.807) is 0 Å². The SMILES string of the molecule is CCCCOc1c2cc(S(=O)(=O)[O-])cc1Cc1cc(S(=O)(=O)[O-])cc(c1OCCCC)Cc1cc(S(=O)(=O)[O-])cc(c1OCCCC)Cc1cc(S(=O)(=O)[O-])cc(c1OCCCC)Cc1cc(S(=O)(=O)[O-])cc(c1OCCCC)Cc1cc(S(=O)(=O)[O-])cc(c1OCCCC)C2.[Na+].[Na+].[Na+].[Na+].[Na+].[Na+]. The summed E-state index contributed by atoms with van der Waals surface area (Å²) in [5, 5.41) is 0. The molecule has 528 valence electrons. The number of rotatable bonds is 30. The summed E-state index contributed by atoms with van der Waals surface area (Å²) in [6.07, 6.45) is 1.72. The largest absolute Gasteiger partial charge is 1.00 e. The quantitative estimate of drug-likeness (QED) is 0.0229. The molecule has 0 aromatic heterocycles. The van der Waals surface area contributed by atoms with Crippen LogP contribution in [0.2, 0.25) is 0 Å². The second kappa shape index (κ2) is 44.6. The molecule has 1 aliphatic carbocycles. The summed E-state index contributed by atoms with van der Waals surface area (Å²) in [7, 11) is -32.9. The number of benzene rings is 6. The van der Waals surface area contributed by atoms with E-state index in [-0.39, 0.29) is 318 Å². The molecule has 6 aromatic rings. The Morgan fingerprint density at radius 1 is 0.225 bits per heavy atom. The summed E-state index contributed by atoms with van der Waals surface area (Å²) < 4.78 is 281. The Labute approximate surface area is 734 Å². The van der Waals surface area contributed by atoms with Crippen LogP contribution in [0.1, 0.15) is 185 Å². The van der Waals surface area contributed by atoms with Crippen LogP contribution in [0.5, 0.6) is 34.5 Å². The zero-order valence-electron chi connectivity index (χ0n) is 60.1. The van der Waals surface area contributed by atoms with Crippen molar-refractivity contribution < 1.29 is 284 Å². The van der Waals surface area contributed by atoms with Crippen LogP contribution in [0.25, 0.3) is 0 Å². The minimum absolute atomic E-state index is 0. The van der Waals surface area contributed by atoms with Gasteiger partial charge in [0, 0.05) is 105 Å². The third-order valence-corrected chi connectivity index (χ3v) is 20.7. The van der Waals surface area contributed by atoms with Crippen molar-refractivity contribution in [2.24, 2.45) is 0 Å². The van der Waals surface area contributed by atoms with Gasteiger partial charge in [-0.3, -0.25) is 0 Å². The van der Waals surface area contributed by atoms with Gasteiger partial charge in [0.15, 0.2) is 0 Å². The topological polar surface area (TPSA) is 399 Å². The molecule has 0 unspecified atom stereocenters. The van der Waals surface area contributed by atoms with Crippen molar-refractivity contribution >= 4 is 60.7 Å². The monoisotopic (exact) mass is 1580 g/mol. The van der Waals surface area contributed by atoms with E-state index >= 15 is 0 Å². The number of ether oxygens (including phenoxy) is 6. The zero-order chi connectivity index (χ0) is 70.6. The second-order valence-electron chi connectivity index (χ2n) is 23.4. The Balaban J connectivity index is 0.00000867. The van der Waals surface area contributed by atoms with Crippen molar-refractivity contribution in [1.82, 2.24) is 0 Å². The molecule has 0 radical (unpaired) electrons. The van der Waals surface area contributed by atoms with Gasteiger partial charge in [0.2, 0.25) is 0 Å². The van der Waals surface area contributed by atoms with Crippen molar-refractivity contribution in [1.29, 1.82) is 0 Å². The third-order valence-electron chi connectivity index (χ3n) is 15.8. The first-order valence-electron chi connectivity index (χ1n) is 31.6. The first-order valence-corrected chi connectivity index (χ1v) is 40.0. The van der Waals surface area contributed by atoms with Crippen molar-refractivity contribution in [3.05, 3.63) is 140 Å². The van der Waals surface area contributed by atoms with Gasteiger partial charge in [0.25, 0.3) is 0 Å². The molecule has 0 heterocycles. The Morgan fingerprint density at radius 3 is 0.402 bits per heavy atom. The van der Waals surface area contributed by atoms with E-state index in [2.05, 4.69) is 0 Å². The molecule has 36 heteroatoms. The van der Waals surface area contributed by atoms with Gasteiger partial charge < -0.3 is 55.7 Å². The van der Waals surface area contributed by atoms with Gasteiger partial charge in [-0.1, -0.05) is 80.1 Å². The van der Waals surface area contributed by atoms with Crippen LogP contribution in [0.15, 0.2) is 102 Å². The van der Waals surface area contributed by atoms with E-state index in [1.807, 2.05) is 41.5 Å². The van der Waals surface area contributed by atoms with E-state index in [0.717, 1.165) is 72.8 Å². The normalized spacial score (nSPS) is 12.6. The molecule has 0 fully saturated rings. The van der Waals surface area contributed by atoms with Gasteiger partial charge in [0.05, 0.1) is 69.0 Å². The molecule has 7 rings (SSSR count). The van der Waals surface area contributed by atoms with E-state index in [9.17, 15) is 77.8 Å². The zero-order valence-corrected chi connectivity index (χ0v) is 77.0. The maximum absolute atomic E-state index is 13.5.